The third kappa shape index (κ3) is 1.30. The first-order chi connectivity index (χ1) is 6.67. The van der Waals surface area contributed by atoms with Gasteiger partial charge in [0.05, 0.1) is 7.11 Å². The molecule has 86 valence electrons. The Morgan fingerprint density at radius 1 is 1.40 bits per heavy atom. The molecular weight excluding hydrogens is 202 g/mol. The number of hydrogen-bond donors (Lipinski definition) is 0. The Hall–Kier alpha value is -1.53. The number of methoxy groups -OCH3 is 1. The zero-order valence-electron chi connectivity index (χ0n) is 9.47. The lowest BCUT2D eigenvalue weighted by atomic mass is 10.1. The van der Waals surface area contributed by atoms with Gasteiger partial charge in [-0.2, -0.15) is 0 Å². The van der Waals surface area contributed by atoms with Crippen LogP contribution in [0.5, 0.6) is 0 Å². The largest absolute Gasteiger partial charge is 0.619 e. The maximum absolute atomic E-state index is 11.8. The number of nitrogens with zero attached hydrogens (tertiary/aromatic N) is 3. The third-order valence-electron chi connectivity index (χ3n) is 2.61. The fourth-order valence-electron chi connectivity index (χ4n) is 2.09. The molecule has 1 heterocycles. The first-order valence-corrected chi connectivity index (χ1v) is 4.50. The van der Waals surface area contributed by atoms with Crippen LogP contribution in [-0.2, 0) is 4.74 Å². The first-order valence-electron chi connectivity index (χ1n) is 4.50. The van der Waals surface area contributed by atoms with Gasteiger partial charge in [-0.1, -0.05) is 0 Å². The number of hydroxylamine groups is 1. The van der Waals surface area contributed by atoms with Crippen molar-refractivity contribution >= 4 is 5.90 Å². The summed E-state index contributed by atoms with van der Waals surface area (Å²) in [6.45, 7) is 6.12. The molecule has 0 saturated heterocycles. The van der Waals surface area contributed by atoms with Crippen molar-refractivity contribution in [2.45, 2.75) is 38.9 Å². The van der Waals surface area contributed by atoms with E-state index in [0.29, 0.717) is 4.74 Å². The smallest absolute Gasteiger partial charge is 0.382 e. The number of rotatable bonds is 1. The molecule has 0 spiro atoms. The van der Waals surface area contributed by atoms with E-state index in [1.165, 1.54) is 21.0 Å². The van der Waals surface area contributed by atoms with Crippen LogP contribution in [0.25, 0.3) is 0 Å². The van der Waals surface area contributed by atoms with Crippen LogP contribution < -0.4 is 0 Å². The summed E-state index contributed by atoms with van der Waals surface area (Å²) in [6.07, 6.45) is 0. The van der Waals surface area contributed by atoms with Gasteiger partial charge in [0, 0.05) is 13.8 Å². The highest BCUT2D eigenvalue weighted by atomic mass is 16.7. The van der Waals surface area contributed by atoms with Crippen LogP contribution in [-0.4, -0.2) is 39.0 Å². The molecule has 0 amide bonds. The van der Waals surface area contributed by atoms with E-state index in [-0.39, 0.29) is 5.90 Å². The fourth-order valence-corrected chi connectivity index (χ4v) is 2.09. The topological polar surface area (TPSA) is 81.7 Å². The summed E-state index contributed by atoms with van der Waals surface area (Å²) in [5.74, 6) is 0.0456. The molecule has 0 atom stereocenters. The predicted octanol–water partition coefficient (Wildman–Crippen LogP) is 0.564. The maximum atomic E-state index is 11.8. The van der Waals surface area contributed by atoms with Crippen molar-refractivity contribution in [2.24, 2.45) is 0 Å². The van der Waals surface area contributed by atoms with Gasteiger partial charge in [0.1, 0.15) is 0 Å². The minimum atomic E-state index is -1.25. The average Bonchev–Trinajstić information content (AvgIpc) is 2.14. The van der Waals surface area contributed by atoms with Crippen molar-refractivity contribution in [3.8, 4) is 0 Å². The van der Waals surface area contributed by atoms with Gasteiger partial charge in [-0.05, 0) is 18.9 Å². The molecule has 0 saturated carbocycles. The average molecular weight is 217 g/mol. The summed E-state index contributed by atoms with van der Waals surface area (Å²) >= 11 is 0. The summed E-state index contributed by atoms with van der Waals surface area (Å²) in [4.78, 5) is 10.9. The number of nitro groups is 1. The molecule has 0 radical (unpaired) electrons. The Bertz CT molecular complexity index is 335. The molecule has 1 rings (SSSR count). The summed E-state index contributed by atoms with van der Waals surface area (Å²) in [7, 11) is 1.33. The summed E-state index contributed by atoms with van der Waals surface area (Å²) < 4.78 is 5.48. The van der Waals surface area contributed by atoms with Crippen LogP contribution in [0.4, 0.5) is 0 Å². The number of ether oxygens (including phenoxy) is 1. The molecule has 0 aliphatic carbocycles. The van der Waals surface area contributed by atoms with Gasteiger partial charge in [0.25, 0.3) is 5.66 Å². The van der Waals surface area contributed by atoms with Gasteiger partial charge >= 0.3 is 5.90 Å². The van der Waals surface area contributed by atoms with Gasteiger partial charge in [0.15, 0.2) is 5.03 Å². The predicted molar refractivity (Wildman–Crippen MR) is 52.6 cm³/mol. The van der Waals surface area contributed by atoms with Crippen molar-refractivity contribution in [1.29, 1.82) is 0 Å². The van der Waals surface area contributed by atoms with E-state index >= 15 is 0 Å². The lowest BCUT2D eigenvalue weighted by molar-refractivity contribution is -0.742. The standard InChI is InChI=1S/C8H15N3O4/c1-7(2)6(15-5)9(12)8(3,4)10(7)11(13)14/h1-5H3. The van der Waals surface area contributed by atoms with Gasteiger partial charge < -0.3 is 9.94 Å². The molecule has 1 aliphatic heterocycles. The number of hydrogen-bond acceptors (Lipinski definition) is 4. The van der Waals surface area contributed by atoms with Crippen molar-refractivity contribution in [1.82, 2.24) is 5.01 Å². The highest BCUT2D eigenvalue weighted by molar-refractivity contribution is 5.82. The molecular formula is C8H15N3O4. The van der Waals surface area contributed by atoms with Gasteiger partial charge in [0.2, 0.25) is 5.54 Å². The second kappa shape index (κ2) is 2.98. The van der Waals surface area contributed by atoms with E-state index in [1.807, 2.05) is 0 Å². The zero-order chi connectivity index (χ0) is 12.0. The van der Waals surface area contributed by atoms with Crippen LogP contribution >= 0.6 is 0 Å². The Morgan fingerprint density at radius 2 is 1.87 bits per heavy atom. The first kappa shape index (κ1) is 11.5. The van der Waals surface area contributed by atoms with E-state index in [2.05, 4.69) is 0 Å². The summed E-state index contributed by atoms with van der Waals surface area (Å²) in [5.41, 5.74) is -2.30. The Labute approximate surface area is 87.6 Å². The molecule has 7 heteroatoms. The minimum Gasteiger partial charge on any atom is -0.619 e. The number of hydrazine groups is 1. The zero-order valence-corrected chi connectivity index (χ0v) is 9.47. The van der Waals surface area contributed by atoms with Crippen molar-refractivity contribution in [3.05, 3.63) is 15.3 Å². The molecule has 7 nitrogen and oxygen atoms in total. The summed E-state index contributed by atoms with van der Waals surface area (Å²) in [5, 5.41) is 23.1. The SMILES string of the molecule is COC1=[N+]([O-])C(C)(C)N([N+](=O)[O-])C1(C)C. The Kier molecular flexibility index (Phi) is 2.29. The van der Waals surface area contributed by atoms with E-state index < -0.39 is 16.2 Å². The molecule has 0 unspecified atom stereocenters. The van der Waals surface area contributed by atoms with Gasteiger partial charge in [-0.15, -0.1) is 4.74 Å². The molecule has 0 N–H and O–H groups in total. The molecule has 15 heavy (non-hydrogen) atoms. The molecule has 0 aromatic rings. The molecule has 0 fully saturated rings. The van der Waals surface area contributed by atoms with Crippen LogP contribution in [0.2, 0.25) is 0 Å². The molecule has 1 aliphatic rings. The van der Waals surface area contributed by atoms with Crippen molar-refractivity contribution in [3.63, 3.8) is 0 Å². The second-order valence-electron chi connectivity index (χ2n) is 4.41. The molecule has 0 bridgehead atoms. The van der Waals surface area contributed by atoms with E-state index in [0.717, 1.165) is 5.01 Å². The summed E-state index contributed by atoms with van der Waals surface area (Å²) in [6, 6.07) is 0. The van der Waals surface area contributed by atoms with Crippen LogP contribution in [0, 0.1) is 15.3 Å². The van der Waals surface area contributed by atoms with E-state index in [4.69, 9.17) is 4.74 Å². The van der Waals surface area contributed by atoms with Crippen LogP contribution in [0.3, 0.4) is 0 Å². The lowest BCUT2D eigenvalue weighted by Gasteiger charge is -2.26. The Morgan fingerprint density at radius 3 is 2.07 bits per heavy atom. The van der Waals surface area contributed by atoms with Crippen LogP contribution in [0.15, 0.2) is 0 Å². The highest BCUT2D eigenvalue weighted by Crippen LogP contribution is 2.34. The lowest BCUT2D eigenvalue weighted by Crippen LogP contribution is -2.56. The van der Waals surface area contributed by atoms with E-state index in [1.54, 1.807) is 13.8 Å². The van der Waals surface area contributed by atoms with Crippen LogP contribution in [0.1, 0.15) is 27.7 Å². The normalized spacial score (nSPS) is 23.1. The fraction of sp³-hybridized carbons (Fsp3) is 0.875. The molecule has 0 aromatic heterocycles. The maximum Gasteiger partial charge on any atom is 0.382 e. The Balaban J connectivity index is 3.35. The van der Waals surface area contributed by atoms with Gasteiger partial charge in [-0.25, -0.2) is 10.1 Å². The van der Waals surface area contributed by atoms with Gasteiger partial charge in [-0.3, -0.25) is 0 Å². The second-order valence-corrected chi connectivity index (χ2v) is 4.41. The minimum absolute atomic E-state index is 0.0456. The molecule has 0 aromatic carbocycles. The van der Waals surface area contributed by atoms with Crippen molar-refractivity contribution in [2.75, 3.05) is 7.11 Å². The third-order valence-corrected chi connectivity index (χ3v) is 2.61. The quantitative estimate of drug-likeness (QED) is 0.277. The monoisotopic (exact) mass is 217 g/mol. The van der Waals surface area contributed by atoms with E-state index in [9.17, 15) is 15.3 Å². The van der Waals surface area contributed by atoms with Crippen molar-refractivity contribution < 1.29 is 14.5 Å². The highest BCUT2D eigenvalue weighted by Gasteiger charge is 2.65.